The van der Waals surface area contributed by atoms with Gasteiger partial charge in [0.25, 0.3) is 0 Å². The Kier molecular flexibility index (Phi) is 64.3. The van der Waals surface area contributed by atoms with Gasteiger partial charge in [0.2, 0.25) is 0 Å². The van der Waals surface area contributed by atoms with Crippen LogP contribution in [0.1, 0.15) is 303 Å². The first-order valence-electron chi connectivity index (χ1n) is 33.7. The van der Waals surface area contributed by atoms with Crippen LogP contribution in [-0.2, 0) is 28.6 Å². The molecule has 0 aliphatic rings. The summed E-state index contributed by atoms with van der Waals surface area (Å²) < 4.78 is 16.8. The Morgan fingerprint density at radius 2 is 0.531 bits per heavy atom. The molecule has 0 bridgehead atoms. The minimum Gasteiger partial charge on any atom is -0.462 e. The van der Waals surface area contributed by atoms with Crippen molar-refractivity contribution in [2.75, 3.05) is 13.2 Å². The van der Waals surface area contributed by atoms with Gasteiger partial charge in [0.1, 0.15) is 13.2 Å². The zero-order valence-corrected chi connectivity index (χ0v) is 52.8. The summed E-state index contributed by atoms with van der Waals surface area (Å²) in [7, 11) is 0. The van der Waals surface area contributed by atoms with Gasteiger partial charge in [0.05, 0.1) is 6.42 Å². The molecule has 0 aromatic carbocycles. The molecule has 6 heteroatoms. The third-order valence-electron chi connectivity index (χ3n) is 14.2. The van der Waals surface area contributed by atoms with Crippen LogP contribution in [0.25, 0.3) is 0 Å². The highest BCUT2D eigenvalue weighted by molar-refractivity contribution is 5.72. The molecule has 0 spiro atoms. The third kappa shape index (κ3) is 66.2. The highest BCUT2D eigenvalue weighted by Crippen LogP contribution is 2.17. The van der Waals surface area contributed by atoms with Gasteiger partial charge < -0.3 is 14.2 Å². The highest BCUT2D eigenvalue weighted by Gasteiger charge is 2.19. The first kappa shape index (κ1) is 76.5. The number of ether oxygens (including phenoxy) is 3. The number of unbranched alkanes of at least 4 members (excludes halogenated alkanes) is 28. The number of carbonyl (C=O) groups is 3. The Morgan fingerprint density at radius 3 is 0.864 bits per heavy atom. The van der Waals surface area contributed by atoms with Gasteiger partial charge in [-0.05, 0) is 96.3 Å². The number of carbonyl (C=O) groups excluding carboxylic acids is 3. The first-order chi connectivity index (χ1) is 40.0. The SMILES string of the molecule is CC/C=C\C/C=C\C/C=C\C/C=C\C/C=C\C/C=C\CCCCCCCCCCCCC(=O)OCC(COC(=O)C/C=C\C/C=C\C/C=C\C/C=C\C/C=C\CC)OC(=O)CCCCCCCCCCCCCCCCCCCCC. The molecule has 0 N–H and O–H groups in total. The fourth-order valence-electron chi connectivity index (χ4n) is 9.23. The summed E-state index contributed by atoms with van der Waals surface area (Å²) in [5, 5.41) is 0. The fourth-order valence-corrected chi connectivity index (χ4v) is 9.23. The minimum atomic E-state index is -0.823. The Morgan fingerprint density at radius 1 is 0.272 bits per heavy atom. The van der Waals surface area contributed by atoms with Crippen LogP contribution in [0.5, 0.6) is 0 Å². The maximum Gasteiger partial charge on any atom is 0.309 e. The molecule has 0 aromatic rings. The van der Waals surface area contributed by atoms with E-state index in [1.807, 2.05) is 6.08 Å². The van der Waals surface area contributed by atoms with Crippen LogP contribution in [0, 0.1) is 0 Å². The molecule has 0 aromatic heterocycles. The van der Waals surface area contributed by atoms with Crippen molar-refractivity contribution in [3.8, 4) is 0 Å². The summed E-state index contributed by atoms with van der Waals surface area (Å²) in [6.45, 7) is 6.35. The molecule has 81 heavy (non-hydrogen) atoms. The lowest BCUT2D eigenvalue weighted by Crippen LogP contribution is -2.30. The molecule has 460 valence electrons. The standard InChI is InChI=1S/C75H124O6/c1-4-7-10-13-16-19-22-25-28-30-32-33-34-35-36-37-38-39-40-41-43-44-47-50-53-56-59-62-65-68-74(77)80-71-72(70-79-73(76)67-64-61-58-55-52-49-46-27-24-21-18-15-12-9-6-3)81-75(78)69-66-63-60-57-54-51-48-45-42-31-29-26-23-20-17-14-11-8-5-2/h7,9-10,12,16,18-19,21,25,27-28,32-33,35-36,38-39,46,52,55,61,64,72H,4-6,8,11,13-15,17,20,22-24,26,29-31,34,37,40-45,47-51,53-54,56-60,62-63,65-71H2,1-3H3/b10-7-,12-9-,19-16-,21-18-,28-25-,33-32-,36-35-,39-38-,46-27-,55-52-,64-61-. The van der Waals surface area contributed by atoms with Crippen molar-refractivity contribution in [3.63, 3.8) is 0 Å². The van der Waals surface area contributed by atoms with Gasteiger partial charge in [0, 0.05) is 12.8 Å². The molecular formula is C75H124O6. The monoisotopic (exact) mass is 1120 g/mol. The van der Waals surface area contributed by atoms with Crippen molar-refractivity contribution < 1.29 is 28.6 Å². The van der Waals surface area contributed by atoms with Crippen LogP contribution in [0.2, 0.25) is 0 Å². The smallest absolute Gasteiger partial charge is 0.309 e. The second-order valence-corrected chi connectivity index (χ2v) is 22.0. The average Bonchev–Trinajstić information content (AvgIpc) is 3.47. The summed E-state index contributed by atoms with van der Waals surface area (Å²) in [4.78, 5) is 38.3. The topological polar surface area (TPSA) is 78.9 Å². The summed E-state index contributed by atoms with van der Waals surface area (Å²) in [5.74, 6) is -1.04. The molecular weight excluding hydrogens is 997 g/mol. The Bertz CT molecular complexity index is 1720. The van der Waals surface area contributed by atoms with E-state index in [0.29, 0.717) is 12.8 Å². The van der Waals surface area contributed by atoms with Crippen molar-refractivity contribution in [2.24, 2.45) is 0 Å². The molecule has 0 rings (SSSR count). The van der Waals surface area contributed by atoms with Crippen molar-refractivity contribution in [1.82, 2.24) is 0 Å². The lowest BCUT2D eigenvalue weighted by Gasteiger charge is -2.18. The normalized spacial score (nSPS) is 13.0. The second-order valence-electron chi connectivity index (χ2n) is 22.0. The molecule has 1 unspecified atom stereocenters. The van der Waals surface area contributed by atoms with E-state index < -0.39 is 12.1 Å². The molecule has 1 atom stereocenters. The molecule has 0 radical (unpaired) electrons. The van der Waals surface area contributed by atoms with Crippen LogP contribution in [0.3, 0.4) is 0 Å². The minimum absolute atomic E-state index is 0.111. The Labute approximate surface area is 500 Å². The molecule has 0 fully saturated rings. The van der Waals surface area contributed by atoms with E-state index in [-0.39, 0.29) is 31.6 Å². The van der Waals surface area contributed by atoms with Gasteiger partial charge >= 0.3 is 17.9 Å². The van der Waals surface area contributed by atoms with Gasteiger partial charge in [-0.2, -0.15) is 0 Å². The number of rotatable bonds is 60. The predicted octanol–water partition coefficient (Wildman–Crippen LogP) is 23.3. The molecule has 0 aliphatic carbocycles. The average molecular weight is 1120 g/mol. The molecule has 0 aliphatic heterocycles. The van der Waals surface area contributed by atoms with Crippen molar-refractivity contribution >= 4 is 17.9 Å². The summed E-state index contributed by atoms with van der Waals surface area (Å²) in [6.07, 6.45) is 96.4. The fraction of sp³-hybridized carbons (Fsp3) is 0.667. The van der Waals surface area contributed by atoms with E-state index in [4.69, 9.17) is 14.2 Å². The lowest BCUT2D eigenvalue weighted by atomic mass is 10.0. The zero-order chi connectivity index (χ0) is 58.5. The molecule has 0 saturated heterocycles. The maximum absolute atomic E-state index is 12.9. The van der Waals surface area contributed by atoms with Crippen LogP contribution >= 0.6 is 0 Å². The summed E-state index contributed by atoms with van der Waals surface area (Å²) >= 11 is 0. The lowest BCUT2D eigenvalue weighted by molar-refractivity contribution is -0.166. The molecule has 0 amide bonds. The number of hydrogen-bond donors (Lipinski definition) is 0. The second kappa shape index (κ2) is 68.1. The van der Waals surface area contributed by atoms with Crippen LogP contribution in [0.4, 0.5) is 0 Å². The van der Waals surface area contributed by atoms with E-state index in [2.05, 4.69) is 142 Å². The van der Waals surface area contributed by atoms with Crippen molar-refractivity contribution in [2.45, 2.75) is 309 Å². The van der Waals surface area contributed by atoms with E-state index in [0.717, 1.165) is 109 Å². The molecule has 6 nitrogen and oxygen atoms in total. The first-order valence-corrected chi connectivity index (χ1v) is 33.7. The van der Waals surface area contributed by atoms with Crippen LogP contribution < -0.4 is 0 Å². The maximum atomic E-state index is 12.9. The summed E-state index contributed by atoms with van der Waals surface area (Å²) in [5.41, 5.74) is 0. The highest BCUT2D eigenvalue weighted by atomic mass is 16.6. The van der Waals surface area contributed by atoms with Crippen molar-refractivity contribution in [3.05, 3.63) is 134 Å². The van der Waals surface area contributed by atoms with E-state index in [1.54, 1.807) is 6.08 Å². The van der Waals surface area contributed by atoms with Crippen molar-refractivity contribution in [1.29, 1.82) is 0 Å². The Balaban J connectivity index is 4.38. The molecule has 0 heterocycles. The largest absolute Gasteiger partial charge is 0.462 e. The zero-order valence-electron chi connectivity index (χ0n) is 52.8. The van der Waals surface area contributed by atoms with Gasteiger partial charge in [-0.15, -0.1) is 0 Å². The van der Waals surface area contributed by atoms with E-state index in [9.17, 15) is 14.4 Å². The van der Waals surface area contributed by atoms with Crippen LogP contribution in [0.15, 0.2) is 134 Å². The van der Waals surface area contributed by atoms with Gasteiger partial charge in [0.15, 0.2) is 6.10 Å². The van der Waals surface area contributed by atoms with Gasteiger partial charge in [-0.1, -0.05) is 321 Å². The third-order valence-corrected chi connectivity index (χ3v) is 14.2. The quantitative estimate of drug-likeness (QED) is 0.0261. The van der Waals surface area contributed by atoms with E-state index >= 15 is 0 Å². The van der Waals surface area contributed by atoms with Gasteiger partial charge in [-0.3, -0.25) is 14.4 Å². The number of allylic oxidation sites excluding steroid dienone is 21. The van der Waals surface area contributed by atoms with E-state index in [1.165, 1.54) is 154 Å². The number of hydrogen-bond acceptors (Lipinski definition) is 6. The molecule has 0 saturated carbocycles. The summed E-state index contributed by atoms with van der Waals surface area (Å²) in [6, 6.07) is 0. The number of esters is 3. The predicted molar refractivity (Wildman–Crippen MR) is 353 cm³/mol. The van der Waals surface area contributed by atoms with Gasteiger partial charge in [-0.25, -0.2) is 0 Å². The van der Waals surface area contributed by atoms with Crippen LogP contribution in [-0.4, -0.2) is 37.2 Å². The Hall–Kier alpha value is -4.45.